The van der Waals surface area contributed by atoms with Gasteiger partial charge in [0.25, 0.3) is 0 Å². The third kappa shape index (κ3) is 3.32. The Morgan fingerprint density at radius 2 is 1.93 bits per heavy atom. The maximum Gasteiger partial charge on any atom is 0.0175 e. The maximum atomic E-state index is 5.67. The minimum Gasteiger partial charge on any atom is -0.330 e. The smallest absolute Gasteiger partial charge is 0.0175 e. The summed E-state index contributed by atoms with van der Waals surface area (Å²) >= 11 is 3.46. The molecule has 82 valence electrons. The molecular weight excluding hydrogens is 250 g/mol. The van der Waals surface area contributed by atoms with Crippen LogP contribution in [0, 0.1) is 11.8 Å². The summed E-state index contributed by atoms with van der Waals surface area (Å²) in [5.74, 6) is 1.77. The summed E-state index contributed by atoms with van der Waals surface area (Å²) in [5, 5.41) is 0. The molecule has 2 heteroatoms. The lowest BCUT2D eigenvalue weighted by Crippen LogP contribution is -2.13. The zero-order chi connectivity index (χ0) is 10.7. The van der Waals surface area contributed by atoms with E-state index in [1.54, 1.807) is 0 Å². The Bertz CT molecular complexity index is 303. The Kier molecular flexibility index (Phi) is 3.81. The van der Waals surface area contributed by atoms with Gasteiger partial charge in [-0.15, -0.1) is 0 Å². The molecule has 1 unspecified atom stereocenters. The molecule has 1 aromatic rings. The van der Waals surface area contributed by atoms with Crippen LogP contribution in [-0.2, 0) is 6.42 Å². The van der Waals surface area contributed by atoms with E-state index in [9.17, 15) is 0 Å². The minimum atomic E-state index is 0.816. The van der Waals surface area contributed by atoms with Gasteiger partial charge in [0, 0.05) is 4.47 Å². The van der Waals surface area contributed by atoms with Gasteiger partial charge in [0.15, 0.2) is 0 Å². The number of rotatable bonds is 5. The molecule has 1 atom stereocenters. The van der Waals surface area contributed by atoms with E-state index >= 15 is 0 Å². The number of halogens is 1. The molecule has 1 fully saturated rings. The maximum absolute atomic E-state index is 5.67. The Balaban J connectivity index is 1.95. The SMILES string of the molecule is NCCC(Cc1ccc(Br)cc1)C1CC1. The fraction of sp³-hybridized carbons (Fsp3) is 0.538. The number of hydrogen-bond acceptors (Lipinski definition) is 1. The second-order valence-corrected chi connectivity index (χ2v) is 5.42. The van der Waals surface area contributed by atoms with Crippen LogP contribution < -0.4 is 5.73 Å². The zero-order valence-corrected chi connectivity index (χ0v) is 10.5. The largest absolute Gasteiger partial charge is 0.330 e. The molecule has 2 N–H and O–H groups in total. The lowest BCUT2D eigenvalue weighted by atomic mass is 9.92. The van der Waals surface area contributed by atoms with E-state index in [0.717, 1.165) is 22.9 Å². The molecule has 1 saturated carbocycles. The van der Waals surface area contributed by atoms with Gasteiger partial charge in [-0.1, -0.05) is 28.1 Å². The standard InChI is InChI=1S/C13H18BrN/c14-13-5-1-10(2-6-13)9-12(7-8-15)11-3-4-11/h1-2,5-6,11-12H,3-4,7-9,15H2. The van der Waals surface area contributed by atoms with Gasteiger partial charge in [0.1, 0.15) is 0 Å². The lowest BCUT2D eigenvalue weighted by Gasteiger charge is -2.15. The summed E-state index contributed by atoms with van der Waals surface area (Å²) < 4.78 is 1.16. The van der Waals surface area contributed by atoms with Crippen molar-refractivity contribution in [2.24, 2.45) is 17.6 Å². The molecule has 2 rings (SSSR count). The molecule has 0 radical (unpaired) electrons. The molecule has 0 aliphatic heterocycles. The normalized spacial score (nSPS) is 17.7. The highest BCUT2D eigenvalue weighted by molar-refractivity contribution is 9.10. The van der Waals surface area contributed by atoms with Gasteiger partial charge in [-0.25, -0.2) is 0 Å². The summed E-state index contributed by atoms with van der Waals surface area (Å²) in [6.45, 7) is 0.831. The second kappa shape index (κ2) is 5.13. The highest BCUT2D eigenvalue weighted by atomic mass is 79.9. The topological polar surface area (TPSA) is 26.0 Å². The van der Waals surface area contributed by atoms with Crippen LogP contribution in [0.4, 0.5) is 0 Å². The molecule has 0 saturated heterocycles. The van der Waals surface area contributed by atoms with Crippen molar-refractivity contribution in [2.45, 2.75) is 25.7 Å². The second-order valence-electron chi connectivity index (χ2n) is 4.51. The first-order valence-electron chi connectivity index (χ1n) is 5.74. The number of benzene rings is 1. The molecule has 0 amide bonds. The predicted octanol–water partition coefficient (Wildman–Crippen LogP) is 3.37. The first-order valence-corrected chi connectivity index (χ1v) is 6.53. The predicted molar refractivity (Wildman–Crippen MR) is 67.7 cm³/mol. The van der Waals surface area contributed by atoms with Crippen LogP contribution in [0.5, 0.6) is 0 Å². The van der Waals surface area contributed by atoms with Crippen LogP contribution >= 0.6 is 15.9 Å². The molecule has 0 heterocycles. The van der Waals surface area contributed by atoms with Gasteiger partial charge in [-0.2, -0.15) is 0 Å². The average molecular weight is 268 g/mol. The highest BCUT2D eigenvalue weighted by Gasteiger charge is 2.30. The first-order chi connectivity index (χ1) is 7.29. The third-order valence-corrected chi connectivity index (χ3v) is 3.77. The number of nitrogens with two attached hydrogens (primary N) is 1. The van der Waals surface area contributed by atoms with Gasteiger partial charge in [0.2, 0.25) is 0 Å². The van der Waals surface area contributed by atoms with Crippen molar-refractivity contribution in [3.63, 3.8) is 0 Å². The summed E-state index contributed by atoms with van der Waals surface area (Å²) in [6, 6.07) is 8.69. The molecule has 0 aromatic heterocycles. The van der Waals surface area contributed by atoms with Gasteiger partial charge in [-0.05, 0) is 61.8 Å². The van der Waals surface area contributed by atoms with Gasteiger partial charge < -0.3 is 5.73 Å². The average Bonchev–Trinajstić information content (AvgIpc) is 3.04. The van der Waals surface area contributed by atoms with Crippen LogP contribution in [0.1, 0.15) is 24.8 Å². The van der Waals surface area contributed by atoms with Crippen LogP contribution in [-0.4, -0.2) is 6.54 Å². The quantitative estimate of drug-likeness (QED) is 0.870. The Labute approximate surface area is 100 Å². The van der Waals surface area contributed by atoms with Gasteiger partial charge >= 0.3 is 0 Å². The van der Waals surface area contributed by atoms with Crippen molar-refractivity contribution < 1.29 is 0 Å². The van der Waals surface area contributed by atoms with Crippen molar-refractivity contribution in [1.82, 2.24) is 0 Å². The van der Waals surface area contributed by atoms with Crippen LogP contribution in [0.3, 0.4) is 0 Å². The van der Waals surface area contributed by atoms with Crippen molar-refractivity contribution >= 4 is 15.9 Å². The van der Waals surface area contributed by atoms with Gasteiger partial charge in [-0.3, -0.25) is 0 Å². The summed E-state index contributed by atoms with van der Waals surface area (Å²) in [7, 11) is 0. The molecule has 15 heavy (non-hydrogen) atoms. The molecule has 1 aliphatic carbocycles. The molecule has 1 aliphatic rings. The number of hydrogen-bond donors (Lipinski definition) is 1. The highest BCUT2D eigenvalue weighted by Crippen LogP contribution is 2.40. The first kappa shape index (κ1) is 11.2. The molecule has 0 spiro atoms. The molecule has 1 nitrogen and oxygen atoms in total. The fourth-order valence-corrected chi connectivity index (χ4v) is 2.47. The zero-order valence-electron chi connectivity index (χ0n) is 8.95. The van der Waals surface area contributed by atoms with Crippen molar-refractivity contribution in [3.05, 3.63) is 34.3 Å². The van der Waals surface area contributed by atoms with E-state index in [2.05, 4.69) is 40.2 Å². The van der Waals surface area contributed by atoms with E-state index in [1.807, 2.05) is 0 Å². The van der Waals surface area contributed by atoms with E-state index in [0.29, 0.717) is 0 Å². The van der Waals surface area contributed by atoms with Crippen LogP contribution in [0.25, 0.3) is 0 Å². The van der Waals surface area contributed by atoms with Crippen molar-refractivity contribution in [1.29, 1.82) is 0 Å². The molecule has 0 bridgehead atoms. The van der Waals surface area contributed by atoms with Crippen molar-refractivity contribution in [2.75, 3.05) is 6.54 Å². The van der Waals surface area contributed by atoms with E-state index in [1.165, 1.54) is 31.2 Å². The van der Waals surface area contributed by atoms with E-state index < -0.39 is 0 Å². The summed E-state index contributed by atoms with van der Waals surface area (Å²) in [5.41, 5.74) is 7.11. The van der Waals surface area contributed by atoms with Crippen LogP contribution in [0.2, 0.25) is 0 Å². The minimum absolute atomic E-state index is 0.816. The Morgan fingerprint density at radius 1 is 1.27 bits per heavy atom. The monoisotopic (exact) mass is 267 g/mol. The lowest BCUT2D eigenvalue weighted by molar-refractivity contribution is 0.432. The fourth-order valence-electron chi connectivity index (χ4n) is 2.21. The Morgan fingerprint density at radius 3 is 2.47 bits per heavy atom. The van der Waals surface area contributed by atoms with E-state index in [-0.39, 0.29) is 0 Å². The van der Waals surface area contributed by atoms with Crippen LogP contribution in [0.15, 0.2) is 28.7 Å². The molecule has 1 aromatic carbocycles. The third-order valence-electron chi connectivity index (χ3n) is 3.24. The summed E-state index contributed by atoms with van der Waals surface area (Å²) in [4.78, 5) is 0. The summed E-state index contributed by atoms with van der Waals surface area (Å²) in [6.07, 6.45) is 5.22. The van der Waals surface area contributed by atoms with E-state index in [4.69, 9.17) is 5.73 Å². The van der Waals surface area contributed by atoms with Gasteiger partial charge in [0.05, 0.1) is 0 Å². The molecular formula is C13H18BrN. The van der Waals surface area contributed by atoms with Crippen molar-refractivity contribution in [3.8, 4) is 0 Å². The Hall–Kier alpha value is -0.340.